The number of rotatable bonds is 5. The molecule has 0 aromatic carbocycles. The number of hydrogen-bond acceptors (Lipinski definition) is 4. The standard InChI is InChI=1S/C21H33N3O2S.HI/c1-2-5-17(4-1)23-20(22-11-7-19-6-3-12-25-19)24-18-8-13-26-21(16-18)9-14-27-15-10-21;/h3,6,12,17-18H,1-2,4-5,7-11,13-16H2,(H2,22,23,24);1H. The van der Waals surface area contributed by atoms with E-state index in [-0.39, 0.29) is 29.6 Å². The first-order valence-corrected chi connectivity index (χ1v) is 11.8. The molecule has 158 valence electrons. The molecule has 2 saturated heterocycles. The summed E-state index contributed by atoms with van der Waals surface area (Å²) in [6, 6.07) is 4.99. The highest BCUT2D eigenvalue weighted by Crippen LogP contribution is 2.37. The van der Waals surface area contributed by atoms with E-state index in [9.17, 15) is 0 Å². The van der Waals surface area contributed by atoms with Gasteiger partial charge in [-0.1, -0.05) is 12.8 Å². The molecule has 1 unspecified atom stereocenters. The number of aliphatic imine (C=N–C) groups is 1. The number of hydrogen-bond donors (Lipinski definition) is 2. The molecule has 0 radical (unpaired) electrons. The Morgan fingerprint density at radius 2 is 1.93 bits per heavy atom. The van der Waals surface area contributed by atoms with Gasteiger partial charge in [0, 0.05) is 31.7 Å². The second-order valence-electron chi connectivity index (χ2n) is 8.16. The predicted octanol–water partition coefficient (Wildman–Crippen LogP) is 4.36. The molecule has 3 aliphatic rings. The minimum Gasteiger partial charge on any atom is -0.469 e. The fourth-order valence-corrected chi connectivity index (χ4v) is 5.80. The van der Waals surface area contributed by atoms with Crippen LogP contribution in [0.5, 0.6) is 0 Å². The zero-order chi connectivity index (χ0) is 18.4. The molecule has 1 aromatic rings. The van der Waals surface area contributed by atoms with Gasteiger partial charge in [0.1, 0.15) is 5.76 Å². The molecular formula is C21H34IN3O2S. The molecule has 7 heteroatoms. The summed E-state index contributed by atoms with van der Waals surface area (Å²) in [5.74, 6) is 4.46. The number of guanidine groups is 1. The number of nitrogens with one attached hydrogen (secondary N) is 2. The van der Waals surface area contributed by atoms with Crippen molar-refractivity contribution in [2.45, 2.75) is 75.5 Å². The van der Waals surface area contributed by atoms with Crippen molar-refractivity contribution in [1.82, 2.24) is 10.6 Å². The smallest absolute Gasteiger partial charge is 0.191 e. The largest absolute Gasteiger partial charge is 0.469 e. The normalized spacial score (nSPS) is 25.4. The van der Waals surface area contributed by atoms with Crippen LogP contribution in [-0.4, -0.2) is 48.3 Å². The fourth-order valence-electron chi connectivity index (χ4n) is 4.57. The van der Waals surface area contributed by atoms with Crippen molar-refractivity contribution in [3.8, 4) is 0 Å². The van der Waals surface area contributed by atoms with Gasteiger partial charge < -0.3 is 19.8 Å². The SMILES string of the molecule is I.c1coc(CCN=C(NC2CCCC2)NC2CCOC3(CCSCC3)C2)c1. The maximum atomic E-state index is 6.26. The Morgan fingerprint density at radius 1 is 1.14 bits per heavy atom. The van der Waals surface area contributed by atoms with Gasteiger partial charge in [-0.2, -0.15) is 11.8 Å². The molecule has 28 heavy (non-hydrogen) atoms. The van der Waals surface area contributed by atoms with Gasteiger partial charge in [-0.25, -0.2) is 0 Å². The average molecular weight is 519 g/mol. The van der Waals surface area contributed by atoms with Gasteiger partial charge in [0.05, 0.1) is 11.9 Å². The maximum Gasteiger partial charge on any atom is 0.191 e. The average Bonchev–Trinajstić information content (AvgIpc) is 3.36. The summed E-state index contributed by atoms with van der Waals surface area (Å²) < 4.78 is 11.7. The molecule has 0 bridgehead atoms. The lowest BCUT2D eigenvalue weighted by atomic mass is 9.85. The third kappa shape index (κ3) is 6.29. The van der Waals surface area contributed by atoms with Gasteiger partial charge in [0.15, 0.2) is 5.96 Å². The highest BCUT2D eigenvalue weighted by molar-refractivity contribution is 14.0. The summed E-state index contributed by atoms with van der Waals surface area (Å²) in [6.07, 6.45) is 12.3. The van der Waals surface area contributed by atoms with Crippen molar-refractivity contribution in [2.24, 2.45) is 4.99 Å². The Labute approximate surface area is 190 Å². The van der Waals surface area contributed by atoms with E-state index in [1.165, 1.54) is 50.0 Å². The first-order chi connectivity index (χ1) is 13.3. The van der Waals surface area contributed by atoms with Crippen LogP contribution >= 0.6 is 35.7 Å². The Bertz CT molecular complexity index is 593. The first-order valence-electron chi connectivity index (χ1n) is 10.6. The van der Waals surface area contributed by atoms with Crippen LogP contribution in [0.1, 0.15) is 57.1 Å². The number of thioether (sulfide) groups is 1. The van der Waals surface area contributed by atoms with Crippen LogP contribution in [0.2, 0.25) is 0 Å². The van der Waals surface area contributed by atoms with Crippen molar-refractivity contribution in [3.63, 3.8) is 0 Å². The Balaban J connectivity index is 0.00000225. The third-order valence-electron chi connectivity index (χ3n) is 6.14. The molecular weight excluding hydrogens is 485 g/mol. The van der Waals surface area contributed by atoms with Crippen LogP contribution in [0, 0.1) is 0 Å². The molecule has 0 amide bonds. The van der Waals surface area contributed by atoms with E-state index in [4.69, 9.17) is 14.1 Å². The van der Waals surface area contributed by atoms with Crippen LogP contribution in [0.25, 0.3) is 0 Å². The third-order valence-corrected chi connectivity index (χ3v) is 7.13. The van der Waals surface area contributed by atoms with E-state index in [0.717, 1.165) is 44.1 Å². The second-order valence-corrected chi connectivity index (χ2v) is 9.39. The molecule has 1 spiro atoms. The molecule has 1 aromatic heterocycles. The van der Waals surface area contributed by atoms with Crippen molar-refractivity contribution < 1.29 is 9.15 Å². The van der Waals surface area contributed by atoms with E-state index < -0.39 is 0 Å². The number of ether oxygens (including phenoxy) is 1. The zero-order valence-corrected chi connectivity index (χ0v) is 19.8. The van der Waals surface area contributed by atoms with Crippen LogP contribution in [0.3, 0.4) is 0 Å². The van der Waals surface area contributed by atoms with E-state index >= 15 is 0 Å². The molecule has 3 heterocycles. The Hall–Kier alpha value is -0.410. The van der Waals surface area contributed by atoms with E-state index in [0.29, 0.717) is 12.1 Å². The van der Waals surface area contributed by atoms with E-state index in [1.54, 1.807) is 6.26 Å². The topological polar surface area (TPSA) is 58.8 Å². The van der Waals surface area contributed by atoms with Crippen LogP contribution in [0.4, 0.5) is 0 Å². The minimum absolute atomic E-state index is 0. The molecule has 1 aliphatic carbocycles. The van der Waals surface area contributed by atoms with Crippen LogP contribution in [0.15, 0.2) is 27.8 Å². The molecule has 4 rings (SSSR count). The van der Waals surface area contributed by atoms with Gasteiger partial charge in [-0.05, 0) is 62.2 Å². The second kappa shape index (κ2) is 11.1. The summed E-state index contributed by atoms with van der Waals surface area (Å²) in [5.41, 5.74) is 0.105. The molecule has 2 N–H and O–H groups in total. The minimum atomic E-state index is 0. The van der Waals surface area contributed by atoms with Gasteiger partial charge in [0.25, 0.3) is 0 Å². The summed E-state index contributed by atoms with van der Waals surface area (Å²) in [7, 11) is 0. The van der Waals surface area contributed by atoms with Crippen LogP contribution in [-0.2, 0) is 11.2 Å². The lowest BCUT2D eigenvalue weighted by molar-refractivity contribution is -0.0912. The highest BCUT2D eigenvalue weighted by Gasteiger charge is 2.39. The van der Waals surface area contributed by atoms with Gasteiger partial charge in [0.2, 0.25) is 0 Å². The van der Waals surface area contributed by atoms with Crippen LogP contribution < -0.4 is 10.6 Å². The first kappa shape index (κ1) is 22.3. The van der Waals surface area contributed by atoms with E-state index in [2.05, 4.69) is 22.4 Å². The van der Waals surface area contributed by atoms with Crippen molar-refractivity contribution in [1.29, 1.82) is 0 Å². The fraction of sp³-hybridized carbons (Fsp3) is 0.762. The summed E-state index contributed by atoms with van der Waals surface area (Å²) in [6.45, 7) is 1.62. The molecule has 1 saturated carbocycles. The monoisotopic (exact) mass is 519 g/mol. The molecule has 5 nitrogen and oxygen atoms in total. The lowest BCUT2D eigenvalue weighted by Gasteiger charge is -2.43. The lowest BCUT2D eigenvalue weighted by Crippen LogP contribution is -2.53. The molecule has 3 fully saturated rings. The summed E-state index contributed by atoms with van der Waals surface area (Å²) >= 11 is 2.06. The highest BCUT2D eigenvalue weighted by atomic mass is 127. The summed E-state index contributed by atoms with van der Waals surface area (Å²) in [5, 5.41) is 7.45. The Morgan fingerprint density at radius 3 is 2.68 bits per heavy atom. The maximum absolute atomic E-state index is 6.26. The number of furan rings is 1. The zero-order valence-electron chi connectivity index (χ0n) is 16.7. The van der Waals surface area contributed by atoms with Crippen molar-refractivity contribution in [3.05, 3.63) is 24.2 Å². The van der Waals surface area contributed by atoms with Crippen molar-refractivity contribution >= 4 is 41.7 Å². The number of halogens is 1. The quantitative estimate of drug-likeness (QED) is 0.344. The van der Waals surface area contributed by atoms with Gasteiger partial charge in [-0.15, -0.1) is 24.0 Å². The van der Waals surface area contributed by atoms with Gasteiger partial charge in [-0.3, -0.25) is 4.99 Å². The van der Waals surface area contributed by atoms with E-state index in [1.807, 2.05) is 12.1 Å². The summed E-state index contributed by atoms with van der Waals surface area (Å²) in [4.78, 5) is 4.88. The molecule has 1 atom stereocenters. The van der Waals surface area contributed by atoms with Crippen molar-refractivity contribution in [2.75, 3.05) is 24.7 Å². The Kier molecular flexibility index (Phi) is 8.84. The van der Waals surface area contributed by atoms with Gasteiger partial charge >= 0.3 is 0 Å². The number of nitrogens with zero attached hydrogens (tertiary/aromatic N) is 1. The molecule has 2 aliphatic heterocycles. The predicted molar refractivity (Wildman–Crippen MR) is 127 cm³/mol.